The Labute approximate surface area is 109 Å². The van der Waals surface area contributed by atoms with Crippen LogP contribution in [0.5, 0.6) is 0 Å². The molecule has 2 nitrogen and oxygen atoms in total. The highest BCUT2D eigenvalue weighted by molar-refractivity contribution is 6.35. The monoisotopic (exact) mass is 265 g/mol. The van der Waals surface area contributed by atoms with Crippen LogP contribution in [-0.2, 0) is 6.42 Å². The van der Waals surface area contributed by atoms with E-state index in [1.165, 1.54) is 0 Å². The van der Waals surface area contributed by atoms with Crippen LogP contribution < -0.4 is 0 Å². The van der Waals surface area contributed by atoms with Gasteiger partial charge in [-0.2, -0.15) is 0 Å². The Morgan fingerprint density at radius 2 is 1.82 bits per heavy atom. The normalized spacial score (nSPS) is 10.2. The van der Waals surface area contributed by atoms with Crippen molar-refractivity contribution in [3.63, 3.8) is 0 Å². The molecule has 0 aliphatic rings. The van der Waals surface area contributed by atoms with Crippen LogP contribution in [0.4, 0.5) is 0 Å². The fourth-order valence-corrected chi connectivity index (χ4v) is 1.95. The maximum Gasteiger partial charge on any atom is 0.167 e. The van der Waals surface area contributed by atoms with Crippen molar-refractivity contribution in [2.75, 3.05) is 0 Å². The quantitative estimate of drug-likeness (QED) is 0.790. The maximum absolute atomic E-state index is 11.9. The molecule has 0 N–H and O–H groups in total. The molecule has 0 unspecified atom stereocenters. The minimum absolute atomic E-state index is 0.0108. The molecule has 0 atom stereocenters. The van der Waals surface area contributed by atoms with Gasteiger partial charge in [-0.25, -0.2) is 0 Å². The van der Waals surface area contributed by atoms with E-state index >= 15 is 0 Å². The summed E-state index contributed by atoms with van der Waals surface area (Å²) >= 11 is 11.8. The summed E-state index contributed by atoms with van der Waals surface area (Å²) in [5, 5.41) is 1.08. The van der Waals surface area contributed by atoms with E-state index < -0.39 is 0 Å². The van der Waals surface area contributed by atoms with E-state index in [0.29, 0.717) is 15.6 Å². The maximum atomic E-state index is 11.9. The van der Waals surface area contributed by atoms with Crippen LogP contribution in [0.1, 0.15) is 15.9 Å². The van der Waals surface area contributed by atoms with Crippen molar-refractivity contribution in [3.8, 4) is 0 Å². The largest absolute Gasteiger partial charge is 0.294 e. The number of nitrogens with zero attached hydrogens (tertiary/aromatic N) is 1. The molecule has 0 saturated heterocycles. The summed E-state index contributed by atoms with van der Waals surface area (Å²) in [4.78, 5) is 15.8. The molecular weight excluding hydrogens is 257 g/mol. The fourth-order valence-electron chi connectivity index (χ4n) is 1.48. The van der Waals surface area contributed by atoms with Crippen molar-refractivity contribution in [2.24, 2.45) is 0 Å². The molecule has 0 aliphatic heterocycles. The third-order valence-corrected chi connectivity index (χ3v) is 2.96. The molecule has 86 valence electrons. The number of aromatic nitrogens is 1. The lowest BCUT2D eigenvalue weighted by atomic mass is 10.0. The Morgan fingerprint density at radius 3 is 2.47 bits per heavy atom. The van der Waals surface area contributed by atoms with Gasteiger partial charge in [0.15, 0.2) is 5.78 Å². The number of benzene rings is 1. The highest BCUT2D eigenvalue weighted by Crippen LogP contribution is 2.22. The van der Waals surface area contributed by atoms with Crippen molar-refractivity contribution in [1.29, 1.82) is 0 Å². The van der Waals surface area contributed by atoms with Crippen LogP contribution in [0, 0.1) is 0 Å². The third kappa shape index (κ3) is 3.05. The van der Waals surface area contributed by atoms with Gasteiger partial charge in [-0.05, 0) is 29.8 Å². The Bertz CT molecular complexity index is 540. The molecule has 2 rings (SSSR count). The van der Waals surface area contributed by atoms with Crippen LogP contribution >= 0.6 is 23.2 Å². The van der Waals surface area contributed by atoms with Crippen molar-refractivity contribution in [1.82, 2.24) is 4.98 Å². The van der Waals surface area contributed by atoms with Crippen molar-refractivity contribution in [2.45, 2.75) is 6.42 Å². The van der Waals surface area contributed by atoms with Gasteiger partial charge in [-0.3, -0.25) is 9.78 Å². The minimum Gasteiger partial charge on any atom is -0.294 e. The number of pyridine rings is 1. The van der Waals surface area contributed by atoms with E-state index in [2.05, 4.69) is 4.98 Å². The molecule has 17 heavy (non-hydrogen) atoms. The Hall–Kier alpha value is -1.38. The van der Waals surface area contributed by atoms with E-state index in [0.717, 1.165) is 5.56 Å². The van der Waals surface area contributed by atoms with Crippen LogP contribution in [-0.4, -0.2) is 10.8 Å². The van der Waals surface area contributed by atoms with E-state index in [1.54, 1.807) is 42.7 Å². The van der Waals surface area contributed by atoms with Gasteiger partial charge < -0.3 is 0 Å². The first kappa shape index (κ1) is 12.1. The summed E-state index contributed by atoms with van der Waals surface area (Å²) < 4.78 is 0. The van der Waals surface area contributed by atoms with Gasteiger partial charge in [0.1, 0.15) is 0 Å². The zero-order valence-corrected chi connectivity index (χ0v) is 10.4. The Kier molecular flexibility index (Phi) is 3.77. The highest BCUT2D eigenvalue weighted by atomic mass is 35.5. The van der Waals surface area contributed by atoms with E-state index in [-0.39, 0.29) is 12.2 Å². The summed E-state index contributed by atoms with van der Waals surface area (Å²) in [6.07, 6.45) is 3.45. The smallest absolute Gasteiger partial charge is 0.167 e. The second-order valence-electron chi connectivity index (χ2n) is 3.57. The van der Waals surface area contributed by atoms with Gasteiger partial charge in [0.05, 0.1) is 0 Å². The van der Waals surface area contributed by atoms with Crippen LogP contribution in [0.3, 0.4) is 0 Å². The average molecular weight is 266 g/mol. The molecule has 2 aromatic rings. The predicted molar refractivity (Wildman–Crippen MR) is 68.7 cm³/mol. The summed E-state index contributed by atoms with van der Waals surface area (Å²) in [7, 11) is 0. The summed E-state index contributed by atoms with van der Waals surface area (Å²) in [6, 6.07) is 8.50. The zero-order chi connectivity index (χ0) is 12.3. The number of halogens is 2. The number of carbonyl (C=O) groups excluding carboxylic acids is 1. The first-order chi connectivity index (χ1) is 8.16. The summed E-state index contributed by atoms with van der Waals surface area (Å²) in [6.45, 7) is 0. The molecule has 1 heterocycles. The van der Waals surface area contributed by atoms with Gasteiger partial charge in [0, 0.05) is 34.4 Å². The first-order valence-corrected chi connectivity index (χ1v) is 5.79. The third-order valence-electron chi connectivity index (χ3n) is 2.37. The number of Topliss-reactive ketones (excluding diaryl/α,β-unsaturated/α-hetero) is 1. The lowest BCUT2D eigenvalue weighted by Gasteiger charge is -2.04. The van der Waals surface area contributed by atoms with Gasteiger partial charge in [-0.1, -0.05) is 29.3 Å². The number of carbonyl (C=O) groups is 1. The molecule has 0 aliphatic carbocycles. The second kappa shape index (κ2) is 5.30. The number of hydrogen-bond acceptors (Lipinski definition) is 2. The molecule has 0 radical (unpaired) electrons. The minimum atomic E-state index is 0.0108. The number of ketones is 1. The lowest BCUT2D eigenvalue weighted by Crippen LogP contribution is -2.03. The predicted octanol–water partition coefficient (Wildman–Crippen LogP) is 3.81. The first-order valence-electron chi connectivity index (χ1n) is 5.04. The van der Waals surface area contributed by atoms with E-state index in [4.69, 9.17) is 23.2 Å². The molecule has 0 amide bonds. The van der Waals surface area contributed by atoms with Gasteiger partial charge in [0.2, 0.25) is 0 Å². The topological polar surface area (TPSA) is 30.0 Å². The van der Waals surface area contributed by atoms with Crippen molar-refractivity contribution >= 4 is 29.0 Å². The molecular formula is C13H9Cl2NO. The average Bonchev–Trinajstić information content (AvgIpc) is 2.34. The highest BCUT2D eigenvalue weighted by Gasteiger charge is 2.09. The molecule has 0 spiro atoms. The zero-order valence-electron chi connectivity index (χ0n) is 8.86. The number of rotatable bonds is 3. The molecule has 0 bridgehead atoms. The number of hydrogen-bond donors (Lipinski definition) is 0. The summed E-state index contributed by atoms with van der Waals surface area (Å²) in [5.74, 6) is 0.0108. The van der Waals surface area contributed by atoms with Gasteiger partial charge in [-0.15, -0.1) is 0 Å². The Morgan fingerprint density at radius 1 is 1.12 bits per heavy atom. The van der Waals surface area contributed by atoms with Crippen molar-refractivity contribution in [3.05, 3.63) is 63.9 Å². The standard InChI is InChI=1S/C13H9Cl2NO/c14-11-2-1-10(12(15)8-11)7-13(17)9-3-5-16-6-4-9/h1-6,8H,7H2. The molecule has 1 aromatic heterocycles. The van der Waals surface area contributed by atoms with E-state index in [1.807, 2.05) is 0 Å². The molecule has 4 heteroatoms. The van der Waals surface area contributed by atoms with Gasteiger partial charge >= 0.3 is 0 Å². The van der Waals surface area contributed by atoms with E-state index in [9.17, 15) is 4.79 Å². The van der Waals surface area contributed by atoms with Crippen molar-refractivity contribution < 1.29 is 4.79 Å². The van der Waals surface area contributed by atoms with Crippen LogP contribution in [0.2, 0.25) is 10.0 Å². The van der Waals surface area contributed by atoms with Gasteiger partial charge in [0.25, 0.3) is 0 Å². The lowest BCUT2D eigenvalue weighted by molar-refractivity contribution is 0.0993. The molecule has 0 fully saturated rings. The van der Waals surface area contributed by atoms with Crippen LogP contribution in [0.15, 0.2) is 42.7 Å². The fraction of sp³-hybridized carbons (Fsp3) is 0.0769. The second-order valence-corrected chi connectivity index (χ2v) is 4.42. The summed E-state index contributed by atoms with van der Waals surface area (Å²) in [5.41, 5.74) is 1.41. The SMILES string of the molecule is O=C(Cc1ccc(Cl)cc1Cl)c1ccncc1. The van der Waals surface area contributed by atoms with Crippen LogP contribution in [0.25, 0.3) is 0 Å². The molecule has 0 saturated carbocycles. The Balaban J connectivity index is 2.19. The molecule has 1 aromatic carbocycles.